The molecule has 0 aromatic heterocycles. The van der Waals surface area contributed by atoms with Crippen LogP contribution in [-0.2, 0) is 10.0 Å². The molecule has 0 heterocycles. The minimum absolute atomic E-state index is 0.0348. The minimum Gasteiger partial charge on any atom is -0.352 e. The van der Waals surface area contributed by atoms with Gasteiger partial charge in [-0.2, -0.15) is 0 Å². The third-order valence-electron chi connectivity index (χ3n) is 3.72. The highest BCUT2D eigenvalue weighted by Crippen LogP contribution is 2.17. The molecule has 0 aliphatic rings. The predicted octanol–water partition coefficient (Wildman–Crippen LogP) is 2.12. The first kappa shape index (κ1) is 19.0. The van der Waals surface area contributed by atoms with Crippen molar-refractivity contribution >= 4 is 21.6 Å². The van der Waals surface area contributed by atoms with Gasteiger partial charge in [0, 0.05) is 17.8 Å². The number of nitrogens with one attached hydrogen (secondary N) is 2. The lowest BCUT2D eigenvalue weighted by molar-refractivity contribution is 0.0948. The molecule has 2 rings (SSSR count). The highest BCUT2D eigenvalue weighted by molar-refractivity contribution is 7.92. The summed E-state index contributed by atoms with van der Waals surface area (Å²) in [6, 6.07) is 13.0. The SMILES string of the molecule is Cc1ccc(NS(=O)(=O)c2cccc(C(=O)NCC(C)CN)c2)cc1. The van der Waals surface area contributed by atoms with Gasteiger partial charge in [0.2, 0.25) is 0 Å². The Balaban J connectivity index is 2.16. The number of hydrogen-bond acceptors (Lipinski definition) is 4. The lowest BCUT2D eigenvalue weighted by Gasteiger charge is -2.12. The molecule has 2 aromatic rings. The van der Waals surface area contributed by atoms with E-state index in [0.29, 0.717) is 18.8 Å². The monoisotopic (exact) mass is 361 g/mol. The third kappa shape index (κ3) is 5.30. The molecule has 0 bridgehead atoms. The number of amides is 1. The molecule has 0 radical (unpaired) electrons. The number of sulfonamides is 1. The van der Waals surface area contributed by atoms with Gasteiger partial charge in [-0.05, 0) is 49.7 Å². The molecule has 0 fully saturated rings. The van der Waals surface area contributed by atoms with Gasteiger partial charge in [0.25, 0.3) is 15.9 Å². The summed E-state index contributed by atoms with van der Waals surface area (Å²) in [4.78, 5) is 12.2. The van der Waals surface area contributed by atoms with Crippen molar-refractivity contribution < 1.29 is 13.2 Å². The van der Waals surface area contributed by atoms with Crippen LogP contribution in [0.1, 0.15) is 22.8 Å². The summed E-state index contributed by atoms with van der Waals surface area (Å²) >= 11 is 0. The van der Waals surface area contributed by atoms with E-state index in [2.05, 4.69) is 10.0 Å². The molecule has 0 saturated carbocycles. The molecule has 2 aromatic carbocycles. The van der Waals surface area contributed by atoms with Gasteiger partial charge in [0.1, 0.15) is 0 Å². The van der Waals surface area contributed by atoms with E-state index in [0.717, 1.165) is 5.56 Å². The van der Waals surface area contributed by atoms with Gasteiger partial charge in [0.05, 0.1) is 4.90 Å². The Morgan fingerprint density at radius 3 is 2.48 bits per heavy atom. The molecule has 0 spiro atoms. The zero-order valence-electron chi connectivity index (χ0n) is 14.3. The van der Waals surface area contributed by atoms with Gasteiger partial charge in [-0.15, -0.1) is 0 Å². The fraction of sp³-hybridized carbons (Fsp3) is 0.278. The predicted molar refractivity (Wildman–Crippen MR) is 99.0 cm³/mol. The number of benzene rings is 2. The van der Waals surface area contributed by atoms with Crippen LogP contribution < -0.4 is 15.8 Å². The van der Waals surface area contributed by atoms with E-state index in [4.69, 9.17) is 5.73 Å². The van der Waals surface area contributed by atoms with Crippen LogP contribution in [0.2, 0.25) is 0 Å². The molecule has 25 heavy (non-hydrogen) atoms. The molecule has 1 unspecified atom stereocenters. The van der Waals surface area contributed by atoms with Gasteiger partial charge in [0.15, 0.2) is 0 Å². The number of rotatable bonds is 7. The molecular formula is C18H23N3O3S. The molecular weight excluding hydrogens is 338 g/mol. The second-order valence-corrected chi connectivity index (χ2v) is 7.73. The van der Waals surface area contributed by atoms with Crippen LogP contribution in [0, 0.1) is 12.8 Å². The Morgan fingerprint density at radius 2 is 1.84 bits per heavy atom. The Bertz CT molecular complexity index is 833. The molecule has 7 heteroatoms. The number of hydrogen-bond donors (Lipinski definition) is 3. The van der Waals surface area contributed by atoms with Gasteiger partial charge in [-0.1, -0.05) is 30.7 Å². The summed E-state index contributed by atoms with van der Waals surface area (Å²) in [5.74, 6) is -0.174. The zero-order valence-corrected chi connectivity index (χ0v) is 15.1. The molecule has 4 N–H and O–H groups in total. The molecule has 6 nitrogen and oxygen atoms in total. The molecule has 0 aliphatic carbocycles. The molecule has 0 aliphatic heterocycles. The second-order valence-electron chi connectivity index (χ2n) is 6.05. The first-order chi connectivity index (χ1) is 11.8. The second kappa shape index (κ2) is 8.13. The van der Waals surface area contributed by atoms with Crippen molar-refractivity contribution in [1.82, 2.24) is 5.32 Å². The molecule has 134 valence electrons. The summed E-state index contributed by atoms with van der Waals surface area (Å²) in [5, 5.41) is 2.75. The van der Waals surface area contributed by atoms with Crippen molar-refractivity contribution in [2.75, 3.05) is 17.8 Å². The number of anilines is 1. The van der Waals surface area contributed by atoms with Crippen molar-refractivity contribution in [2.24, 2.45) is 11.7 Å². The standard InChI is InChI=1S/C18H23N3O3S/c1-13-6-8-16(9-7-13)21-25(23,24)17-5-3-4-15(10-17)18(22)20-12-14(2)11-19/h3-10,14,21H,11-12,19H2,1-2H3,(H,20,22). The maximum absolute atomic E-state index is 12.5. The van der Waals surface area contributed by atoms with E-state index >= 15 is 0 Å². The molecule has 0 saturated heterocycles. The van der Waals surface area contributed by atoms with Gasteiger partial charge in [-0.25, -0.2) is 8.42 Å². The van der Waals surface area contributed by atoms with Crippen molar-refractivity contribution in [3.8, 4) is 0 Å². The summed E-state index contributed by atoms with van der Waals surface area (Å²) in [6.07, 6.45) is 0. The van der Waals surface area contributed by atoms with Crippen molar-refractivity contribution in [2.45, 2.75) is 18.7 Å². The number of carbonyl (C=O) groups excluding carboxylic acids is 1. The van der Waals surface area contributed by atoms with Crippen LogP contribution in [0.15, 0.2) is 53.4 Å². The van der Waals surface area contributed by atoms with E-state index in [1.165, 1.54) is 12.1 Å². The van der Waals surface area contributed by atoms with Gasteiger partial charge < -0.3 is 11.1 Å². The Labute approximate surface area is 148 Å². The highest BCUT2D eigenvalue weighted by Gasteiger charge is 2.16. The smallest absolute Gasteiger partial charge is 0.261 e. The average Bonchev–Trinajstić information content (AvgIpc) is 2.61. The highest BCUT2D eigenvalue weighted by atomic mass is 32.2. The quantitative estimate of drug-likeness (QED) is 0.703. The van der Waals surface area contributed by atoms with Crippen LogP contribution in [0.4, 0.5) is 5.69 Å². The first-order valence-corrected chi connectivity index (χ1v) is 9.48. The summed E-state index contributed by atoms with van der Waals surface area (Å²) in [5.41, 5.74) is 7.31. The van der Waals surface area contributed by atoms with E-state index in [1.807, 2.05) is 26.0 Å². The minimum atomic E-state index is -3.77. The maximum Gasteiger partial charge on any atom is 0.261 e. The van der Waals surface area contributed by atoms with Gasteiger partial charge in [-0.3, -0.25) is 9.52 Å². The van der Waals surface area contributed by atoms with Crippen LogP contribution in [0.3, 0.4) is 0 Å². The summed E-state index contributed by atoms with van der Waals surface area (Å²) in [7, 11) is -3.77. The number of nitrogens with two attached hydrogens (primary N) is 1. The van der Waals surface area contributed by atoms with Crippen molar-refractivity contribution in [3.63, 3.8) is 0 Å². The van der Waals surface area contributed by atoms with Crippen LogP contribution >= 0.6 is 0 Å². The largest absolute Gasteiger partial charge is 0.352 e. The van der Waals surface area contributed by atoms with E-state index in [9.17, 15) is 13.2 Å². The normalized spacial score (nSPS) is 12.4. The lowest BCUT2D eigenvalue weighted by atomic mass is 10.1. The topological polar surface area (TPSA) is 101 Å². The fourth-order valence-corrected chi connectivity index (χ4v) is 3.20. The van der Waals surface area contributed by atoms with Crippen LogP contribution in [-0.4, -0.2) is 27.4 Å². The fourth-order valence-electron chi connectivity index (χ4n) is 2.09. The van der Waals surface area contributed by atoms with E-state index in [-0.39, 0.29) is 22.3 Å². The molecule has 1 amide bonds. The molecule has 1 atom stereocenters. The van der Waals surface area contributed by atoms with Crippen molar-refractivity contribution in [1.29, 1.82) is 0 Å². The van der Waals surface area contributed by atoms with E-state index in [1.54, 1.807) is 24.3 Å². The van der Waals surface area contributed by atoms with Crippen molar-refractivity contribution in [3.05, 3.63) is 59.7 Å². The number of carbonyl (C=O) groups is 1. The maximum atomic E-state index is 12.5. The Kier molecular flexibility index (Phi) is 6.17. The number of aryl methyl sites for hydroxylation is 1. The first-order valence-electron chi connectivity index (χ1n) is 7.99. The lowest BCUT2D eigenvalue weighted by Crippen LogP contribution is -2.31. The zero-order chi connectivity index (χ0) is 18.4. The third-order valence-corrected chi connectivity index (χ3v) is 5.10. The summed E-state index contributed by atoms with van der Waals surface area (Å²) in [6.45, 7) is 4.75. The van der Waals surface area contributed by atoms with Crippen LogP contribution in [0.5, 0.6) is 0 Å². The van der Waals surface area contributed by atoms with Gasteiger partial charge >= 0.3 is 0 Å². The van der Waals surface area contributed by atoms with E-state index < -0.39 is 10.0 Å². The Hall–Kier alpha value is -2.38. The summed E-state index contributed by atoms with van der Waals surface area (Å²) < 4.78 is 27.5. The van der Waals surface area contributed by atoms with Crippen LogP contribution in [0.25, 0.3) is 0 Å². The average molecular weight is 361 g/mol. The Morgan fingerprint density at radius 1 is 1.16 bits per heavy atom.